The molecule has 2 aromatic rings. The van der Waals surface area contributed by atoms with Crippen molar-refractivity contribution in [2.24, 2.45) is 0 Å². The normalized spacial score (nSPS) is 11.8. The number of ether oxygens (including phenoxy) is 1. The van der Waals surface area contributed by atoms with Crippen LogP contribution in [0.3, 0.4) is 0 Å². The maximum absolute atomic E-state index is 12.9. The molecule has 0 aromatic heterocycles. The maximum Gasteiger partial charge on any atom is 0.223 e. The zero-order chi connectivity index (χ0) is 15.9. The van der Waals surface area contributed by atoms with Crippen LogP contribution in [0.4, 0.5) is 4.39 Å². The third kappa shape index (κ3) is 4.58. The van der Waals surface area contributed by atoms with Crippen LogP contribution in [-0.4, -0.2) is 12.5 Å². The average molecular weight is 301 g/mol. The highest BCUT2D eigenvalue weighted by atomic mass is 19.1. The zero-order valence-corrected chi connectivity index (χ0v) is 12.8. The number of halogens is 1. The molecule has 0 spiro atoms. The van der Waals surface area contributed by atoms with E-state index in [2.05, 4.69) is 5.32 Å². The molecular weight excluding hydrogens is 281 g/mol. The highest BCUT2D eigenvalue weighted by Gasteiger charge is 2.10. The quantitative estimate of drug-likeness (QED) is 0.881. The second kappa shape index (κ2) is 7.59. The second-order valence-corrected chi connectivity index (χ2v) is 5.20. The number of hydrogen-bond acceptors (Lipinski definition) is 2. The minimum absolute atomic E-state index is 0.0922. The lowest BCUT2D eigenvalue weighted by Gasteiger charge is -2.15. The van der Waals surface area contributed by atoms with Crippen LogP contribution >= 0.6 is 0 Å². The van der Waals surface area contributed by atoms with Crippen LogP contribution in [0.1, 0.15) is 30.5 Å². The van der Waals surface area contributed by atoms with E-state index in [0.29, 0.717) is 6.61 Å². The zero-order valence-electron chi connectivity index (χ0n) is 12.8. The summed E-state index contributed by atoms with van der Waals surface area (Å²) in [6.07, 6.45) is 0.278. The van der Waals surface area contributed by atoms with Gasteiger partial charge >= 0.3 is 0 Å². The number of aryl methyl sites for hydroxylation is 1. The van der Waals surface area contributed by atoms with Gasteiger partial charge in [-0.3, -0.25) is 4.79 Å². The summed E-state index contributed by atoms with van der Waals surface area (Å²) >= 11 is 0. The van der Waals surface area contributed by atoms with Gasteiger partial charge in [-0.25, -0.2) is 4.39 Å². The Morgan fingerprint density at radius 2 is 1.86 bits per heavy atom. The van der Waals surface area contributed by atoms with E-state index in [-0.39, 0.29) is 24.2 Å². The van der Waals surface area contributed by atoms with E-state index in [9.17, 15) is 9.18 Å². The lowest BCUT2D eigenvalue weighted by Crippen LogP contribution is -2.27. The van der Waals surface area contributed by atoms with Crippen molar-refractivity contribution in [1.82, 2.24) is 5.32 Å². The number of carbonyl (C=O) groups is 1. The first kappa shape index (κ1) is 16.0. The van der Waals surface area contributed by atoms with Gasteiger partial charge in [-0.1, -0.05) is 30.3 Å². The number of amides is 1. The highest BCUT2D eigenvalue weighted by molar-refractivity contribution is 5.76. The number of rotatable bonds is 6. The van der Waals surface area contributed by atoms with E-state index < -0.39 is 0 Å². The molecule has 4 heteroatoms. The van der Waals surface area contributed by atoms with E-state index in [0.717, 1.165) is 16.9 Å². The molecule has 0 aliphatic rings. The van der Waals surface area contributed by atoms with E-state index in [4.69, 9.17) is 4.74 Å². The summed E-state index contributed by atoms with van der Waals surface area (Å²) in [7, 11) is 0. The third-order valence-corrected chi connectivity index (χ3v) is 3.43. The molecule has 0 fully saturated rings. The van der Waals surface area contributed by atoms with Crippen LogP contribution in [0.2, 0.25) is 0 Å². The van der Waals surface area contributed by atoms with Crippen LogP contribution in [0.5, 0.6) is 5.75 Å². The van der Waals surface area contributed by atoms with Gasteiger partial charge in [0.15, 0.2) is 0 Å². The first-order chi connectivity index (χ1) is 10.6. The summed E-state index contributed by atoms with van der Waals surface area (Å²) in [5.74, 6) is 0.418. The fraction of sp³-hybridized carbons (Fsp3) is 0.278. The molecule has 0 radical (unpaired) electrons. The molecule has 3 nitrogen and oxygen atoms in total. The maximum atomic E-state index is 12.9. The number of hydrogen-bond donors (Lipinski definition) is 1. The van der Waals surface area contributed by atoms with Crippen molar-refractivity contribution in [1.29, 1.82) is 0 Å². The second-order valence-electron chi connectivity index (χ2n) is 5.20. The first-order valence-electron chi connectivity index (χ1n) is 7.29. The molecule has 0 saturated heterocycles. The Balaban J connectivity index is 1.78. The summed E-state index contributed by atoms with van der Waals surface area (Å²) < 4.78 is 18.5. The van der Waals surface area contributed by atoms with Crippen molar-refractivity contribution in [3.8, 4) is 5.75 Å². The van der Waals surface area contributed by atoms with Crippen LogP contribution < -0.4 is 10.1 Å². The molecule has 0 bridgehead atoms. The van der Waals surface area contributed by atoms with E-state index in [1.54, 1.807) is 12.1 Å². The molecule has 1 amide bonds. The minimum Gasteiger partial charge on any atom is -0.493 e. The van der Waals surface area contributed by atoms with E-state index in [1.807, 2.05) is 38.1 Å². The van der Waals surface area contributed by atoms with Crippen molar-refractivity contribution in [3.63, 3.8) is 0 Å². The Bertz CT molecular complexity index is 625. The van der Waals surface area contributed by atoms with Gasteiger partial charge in [0, 0.05) is 0 Å². The molecule has 0 aliphatic carbocycles. The number of carbonyl (C=O) groups excluding carboxylic acids is 1. The number of nitrogens with one attached hydrogen (secondary N) is 1. The Kier molecular flexibility index (Phi) is 5.53. The highest BCUT2D eigenvalue weighted by Crippen LogP contribution is 2.16. The van der Waals surface area contributed by atoms with Gasteiger partial charge in [0.05, 0.1) is 19.1 Å². The monoisotopic (exact) mass is 301 g/mol. The molecule has 0 aliphatic heterocycles. The van der Waals surface area contributed by atoms with Crippen LogP contribution in [0.25, 0.3) is 0 Å². The van der Waals surface area contributed by atoms with Crippen molar-refractivity contribution in [2.75, 3.05) is 6.61 Å². The summed E-state index contributed by atoms with van der Waals surface area (Å²) in [5.41, 5.74) is 1.91. The third-order valence-electron chi connectivity index (χ3n) is 3.43. The number of benzene rings is 2. The lowest BCUT2D eigenvalue weighted by molar-refractivity contribution is -0.122. The minimum atomic E-state index is -0.283. The van der Waals surface area contributed by atoms with E-state index >= 15 is 0 Å². The van der Waals surface area contributed by atoms with Gasteiger partial charge in [0.2, 0.25) is 5.91 Å². The summed E-state index contributed by atoms with van der Waals surface area (Å²) in [6.45, 7) is 4.16. The van der Waals surface area contributed by atoms with Crippen LogP contribution in [-0.2, 0) is 4.79 Å². The van der Waals surface area contributed by atoms with Crippen LogP contribution in [0.15, 0.2) is 48.5 Å². The molecule has 2 aromatic carbocycles. The average Bonchev–Trinajstić information content (AvgIpc) is 2.50. The predicted molar refractivity (Wildman–Crippen MR) is 84.2 cm³/mol. The fourth-order valence-corrected chi connectivity index (χ4v) is 2.12. The largest absolute Gasteiger partial charge is 0.493 e. The first-order valence-corrected chi connectivity index (χ1v) is 7.29. The van der Waals surface area contributed by atoms with Gasteiger partial charge < -0.3 is 10.1 Å². The molecule has 116 valence electrons. The van der Waals surface area contributed by atoms with Gasteiger partial charge in [0.1, 0.15) is 11.6 Å². The molecule has 1 N–H and O–H groups in total. The predicted octanol–water partition coefficient (Wildman–Crippen LogP) is 3.78. The van der Waals surface area contributed by atoms with Crippen molar-refractivity contribution in [2.45, 2.75) is 26.3 Å². The van der Waals surface area contributed by atoms with Gasteiger partial charge in [-0.2, -0.15) is 0 Å². The smallest absolute Gasteiger partial charge is 0.223 e. The molecule has 22 heavy (non-hydrogen) atoms. The van der Waals surface area contributed by atoms with Gasteiger partial charge in [0.25, 0.3) is 0 Å². The fourth-order valence-electron chi connectivity index (χ4n) is 2.12. The van der Waals surface area contributed by atoms with Crippen molar-refractivity contribution >= 4 is 5.91 Å². The Labute approximate surface area is 130 Å². The molecule has 0 heterocycles. The Hall–Kier alpha value is -2.36. The molecule has 2 rings (SSSR count). The standard InChI is InChI=1S/C18H20FNO2/c1-13-5-3-4-6-17(13)22-12-11-18(21)20-14(2)15-7-9-16(19)10-8-15/h3-10,14H,11-12H2,1-2H3,(H,20,21)/t14-/m1/s1. The topological polar surface area (TPSA) is 38.3 Å². The molecule has 1 atom stereocenters. The Morgan fingerprint density at radius 3 is 2.55 bits per heavy atom. The van der Waals surface area contributed by atoms with Crippen molar-refractivity contribution in [3.05, 3.63) is 65.5 Å². The molecule has 0 saturated carbocycles. The summed E-state index contributed by atoms with van der Waals surface area (Å²) in [4.78, 5) is 11.9. The molecule has 0 unspecified atom stereocenters. The summed E-state index contributed by atoms with van der Waals surface area (Å²) in [6, 6.07) is 13.7. The summed E-state index contributed by atoms with van der Waals surface area (Å²) in [5, 5.41) is 2.88. The Morgan fingerprint density at radius 1 is 1.18 bits per heavy atom. The van der Waals surface area contributed by atoms with Gasteiger partial charge in [-0.15, -0.1) is 0 Å². The van der Waals surface area contributed by atoms with Gasteiger partial charge in [-0.05, 0) is 43.2 Å². The van der Waals surface area contributed by atoms with Crippen LogP contribution in [0, 0.1) is 12.7 Å². The number of para-hydroxylation sites is 1. The SMILES string of the molecule is Cc1ccccc1OCCC(=O)N[C@H](C)c1ccc(F)cc1. The van der Waals surface area contributed by atoms with Crippen molar-refractivity contribution < 1.29 is 13.9 Å². The molecular formula is C18H20FNO2. The van der Waals surface area contributed by atoms with E-state index in [1.165, 1.54) is 12.1 Å². The lowest BCUT2D eigenvalue weighted by atomic mass is 10.1.